The molecular weight excluding hydrogens is 244 g/mol. The van der Waals surface area contributed by atoms with E-state index in [1.54, 1.807) is 0 Å². The lowest BCUT2D eigenvalue weighted by molar-refractivity contribution is 0.0690. The summed E-state index contributed by atoms with van der Waals surface area (Å²) >= 11 is 0. The molecule has 19 heavy (non-hydrogen) atoms. The Morgan fingerprint density at radius 1 is 1.42 bits per heavy atom. The molecular formula is C14H20N2O3. The van der Waals surface area contributed by atoms with Gasteiger partial charge in [-0.1, -0.05) is 27.7 Å². The quantitative estimate of drug-likeness (QED) is 0.854. The molecule has 0 spiro atoms. The van der Waals surface area contributed by atoms with Crippen LogP contribution in [0.2, 0.25) is 0 Å². The Morgan fingerprint density at radius 2 is 2.05 bits per heavy atom. The summed E-state index contributed by atoms with van der Waals surface area (Å²) < 4.78 is 0. The molecule has 5 heteroatoms. The van der Waals surface area contributed by atoms with Crippen molar-refractivity contribution in [2.75, 3.05) is 6.54 Å². The topological polar surface area (TPSA) is 79.3 Å². The molecule has 0 aromatic carbocycles. The SMILES string of the molecule is CC(C)C(C)(C)CNC(=O)c1ccnc(C(=O)O)c1. The summed E-state index contributed by atoms with van der Waals surface area (Å²) in [6.07, 6.45) is 1.33. The van der Waals surface area contributed by atoms with Crippen molar-refractivity contribution in [3.05, 3.63) is 29.6 Å². The third-order valence-electron chi connectivity index (χ3n) is 3.51. The Kier molecular flexibility index (Phi) is 4.64. The van der Waals surface area contributed by atoms with Crippen molar-refractivity contribution in [3.63, 3.8) is 0 Å². The molecule has 0 aliphatic carbocycles. The van der Waals surface area contributed by atoms with Crippen LogP contribution in [-0.2, 0) is 0 Å². The fourth-order valence-electron chi connectivity index (χ4n) is 1.30. The smallest absolute Gasteiger partial charge is 0.354 e. The van der Waals surface area contributed by atoms with Crippen molar-refractivity contribution in [1.29, 1.82) is 0 Å². The highest BCUT2D eigenvalue weighted by atomic mass is 16.4. The van der Waals surface area contributed by atoms with Gasteiger partial charge in [-0.3, -0.25) is 4.79 Å². The first kappa shape index (κ1) is 15.1. The molecule has 0 bridgehead atoms. The van der Waals surface area contributed by atoms with E-state index < -0.39 is 5.97 Å². The van der Waals surface area contributed by atoms with Crippen LogP contribution < -0.4 is 5.32 Å². The monoisotopic (exact) mass is 264 g/mol. The van der Waals surface area contributed by atoms with E-state index in [0.717, 1.165) is 0 Å². The van der Waals surface area contributed by atoms with Crippen LogP contribution in [0.1, 0.15) is 48.5 Å². The second-order valence-corrected chi connectivity index (χ2v) is 5.56. The van der Waals surface area contributed by atoms with Gasteiger partial charge in [0.1, 0.15) is 5.69 Å². The standard InChI is InChI=1S/C14H20N2O3/c1-9(2)14(3,4)8-16-12(17)10-5-6-15-11(7-10)13(18)19/h5-7,9H,8H2,1-4H3,(H,16,17)(H,18,19). The zero-order valence-electron chi connectivity index (χ0n) is 11.7. The Balaban J connectivity index is 2.74. The third kappa shape index (κ3) is 4.05. The van der Waals surface area contributed by atoms with Gasteiger partial charge in [-0.2, -0.15) is 0 Å². The van der Waals surface area contributed by atoms with Crippen LogP contribution >= 0.6 is 0 Å². The van der Waals surface area contributed by atoms with Crippen LogP contribution in [0.4, 0.5) is 0 Å². The molecule has 0 aliphatic rings. The zero-order chi connectivity index (χ0) is 14.6. The van der Waals surface area contributed by atoms with Crippen molar-refractivity contribution in [1.82, 2.24) is 10.3 Å². The number of amides is 1. The van der Waals surface area contributed by atoms with Crippen LogP contribution in [0, 0.1) is 11.3 Å². The van der Waals surface area contributed by atoms with Crippen LogP contribution in [0.25, 0.3) is 0 Å². The fraction of sp³-hybridized carbons (Fsp3) is 0.500. The second kappa shape index (κ2) is 5.82. The molecule has 104 valence electrons. The van der Waals surface area contributed by atoms with Crippen molar-refractivity contribution < 1.29 is 14.7 Å². The number of carboxylic acid groups (broad SMARTS) is 1. The molecule has 5 nitrogen and oxygen atoms in total. The van der Waals surface area contributed by atoms with E-state index in [0.29, 0.717) is 18.0 Å². The summed E-state index contributed by atoms with van der Waals surface area (Å²) in [4.78, 5) is 26.4. The second-order valence-electron chi connectivity index (χ2n) is 5.56. The highest BCUT2D eigenvalue weighted by Gasteiger charge is 2.23. The number of rotatable bonds is 5. The minimum Gasteiger partial charge on any atom is -0.477 e. The first-order chi connectivity index (χ1) is 8.74. The number of nitrogens with zero attached hydrogens (tertiary/aromatic N) is 1. The third-order valence-corrected chi connectivity index (χ3v) is 3.51. The number of nitrogens with one attached hydrogen (secondary N) is 1. The number of hydrogen-bond donors (Lipinski definition) is 2. The summed E-state index contributed by atoms with van der Waals surface area (Å²) in [6, 6.07) is 2.78. The van der Waals surface area contributed by atoms with Gasteiger partial charge < -0.3 is 10.4 Å². The molecule has 0 radical (unpaired) electrons. The average molecular weight is 264 g/mol. The van der Waals surface area contributed by atoms with Crippen molar-refractivity contribution in [2.45, 2.75) is 27.7 Å². The maximum Gasteiger partial charge on any atom is 0.354 e. The summed E-state index contributed by atoms with van der Waals surface area (Å²) in [5, 5.41) is 11.7. The lowest BCUT2D eigenvalue weighted by atomic mass is 9.81. The molecule has 0 aliphatic heterocycles. The van der Waals surface area contributed by atoms with Gasteiger partial charge in [0.25, 0.3) is 5.91 Å². The molecule has 0 saturated carbocycles. The lowest BCUT2D eigenvalue weighted by Crippen LogP contribution is -2.37. The van der Waals surface area contributed by atoms with Crippen molar-refractivity contribution >= 4 is 11.9 Å². The van der Waals surface area contributed by atoms with Crippen molar-refractivity contribution in [2.24, 2.45) is 11.3 Å². The molecule has 0 saturated heterocycles. The Labute approximate surface area is 113 Å². The van der Waals surface area contributed by atoms with Gasteiger partial charge in [0.2, 0.25) is 0 Å². The largest absolute Gasteiger partial charge is 0.477 e. The number of carbonyl (C=O) groups excluding carboxylic acids is 1. The molecule has 0 unspecified atom stereocenters. The van der Waals surface area contributed by atoms with Crippen LogP contribution in [0.3, 0.4) is 0 Å². The van der Waals surface area contributed by atoms with Crippen LogP contribution in [0.5, 0.6) is 0 Å². The number of carbonyl (C=O) groups is 2. The molecule has 1 rings (SSSR count). The van der Waals surface area contributed by atoms with E-state index in [9.17, 15) is 9.59 Å². The van der Waals surface area contributed by atoms with E-state index in [2.05, 4.69) is 38.0 Å². The molecule has 1 amide bonds. The van der Waals surface area contributed by atoms with Crippen molar-refractivity contribution in [3.8, 4) is 0 Å². The molecule has 0 fully saturated rings. The molecule has 1 aromatic rings. The van der Waals surface area contributed by atoms with Gasteiger partial charge in [0.05, 0.1) is 0 Å². The molecule has 1 heterocycles. The van der Waals surface area contributed by atoms with Gasteiger partial charge >= 0.3 is 5.97 Å². The molecule has 2 N–H and O–H groups in total. The number of carboxylic acids is 1. The maximum absolute atomic E-state index is 12.0. The van der Waals surface area contributed by atoms with E-state index in [1.807, 2.05) is 0 Å². The molecule has 1 aromatic heterocycles. The minimum absolute atomic E-state index is 0.0156. The lowest BCUT2D eigenvalue weighted by Gasteiger charge is -2.29. The van der Waals surface area contributed by atoms with Gasteiger partial charge in [-0.25, -0.2) is 9.78 Å². The van der Waals surface area contributed by atoms with E-state index in [1.165, 1.54) is 18.3 Å². The minimum atomic E-state index is -1.14. The Bertz CT molecular complexity index is 481. The highest BCUT2D eigenvalue weighted by Crippen LogP contribution is 2.24. The summed E-state index contributed by atoms with van der Waals surface area (Å²) in [7, 11) is 0. The van der Waals surface area contributed by atoms with Gasteiger partial charge in [-0.15, -0.1) is 0 Å². The Hall–Kier alpha value is -1.91. The first-order valence-electron chi connectivity index (χ1n) is 6.21. The summed E-state index contributed by atoms with van der Waals surface area (Å²) in [6.45, 7) is 8.89. The van der Waals surface area contributed by atoms with Crippen LogP contribution in [0.15, 0.2) is 18.3 Å². The first-order valence-corrected chi connectivity index (χ1v) is 6.21. The number of aromatic nitrogens is 1. The maximum atomic E-state index is 12.0. The Morgan fingerprint density at radius 3 is 2.58 bits per heavy atom. The van der Waals surface area contributed by atoms with Gasteiger partial charge in [0.15, 0.2) is 0 Å². The van der Waals surface area contributed by atoms with Crippen LogP contribution in [-0.4, -0.2) is 28.5 Å². The van der Waals surface area contributed by atoms with Gasteiger partial charge in [0, 0.05) is 18.3 Å². The average Bonchev–Trinajstić information content (AvgIpc) is 2.36. The number of aromatic carboxylic acids is 1. The summed E-state index contributed by atoms with van der Waals surface area (Å²) in [5.74, 6) is -0.990. The van der Waals surface area contributed by atoms with Gasteiger partial charge in [-0.05, 0) is 23.5 Å². The molecule has 0 atom stereocenters. The highest BCUT2D eigenvalue weighted by molar-refractivity contribution is 5.96. The van der Waals surface area contributed by atoms with E-state index in [-0.39, 0.29) is 17.0 Å². The summed E-state index contributed by atoms with van der Waals surface area (Å²) in [5.41, 5.74) is 0.168. The normalized spacial score (nSPS) is 11.4. The number of hydrogen-bond acceptors (Lipinski definition) is 3. The number of pyridine rings is 1. The van der Waals surface area contributed by atoms with E-state index >= 15 is 0 Å². The fourth-order valence-corrected chi connectivity index (χ4v) is 1.30. The zero-order valence-corrected chi connectivity index (χ0v) is 11.7. The predicted octanol–water partition coefficient (Wildman–Crippen LogP) is 2.19. The predicted molar refractivity (Wildman–Crippen MR) is 72.1 cm³/mol. The van der Waals surface area contributed by atoms with E-state index in [4.69, 9.17) is 5.11 Å².